The van der Waals surface area contributed by atoms with Crippen LogP contribution in [0.25, 0.3) is 16.6 Å². The monoisotopic (exact) mass is 392 g/mol. The molecule has 0 saturated carbocycles. The molecule has 0 bridgehead atoms. The van der Waals surface area contributed by atoms with Crippen LogP contribution in [0.5, 0.6) is 0 Å². The molecule has 150 valence electrons. The maximum Gasteiger partial charge on any atom is 0.291 e. The van der Waals surface area contributed by atoms with Crippen molar-refractivity contribution < 1.29 is 9.21 Å². The molecule has 7 nitrogen and oxygen atoms in total. The third kappa shape index (κ3) is 3.55. The summed E-state index contributed by atoms with van der Waals surface area (Å²) in [5.74, 6) is 0.717. The van der Waals surface area contributed by atoms with Gasteiger partial charge in [-0.3, -0.25) is 14.0 Å². The minimum atomic E-state index is -0.178. The SMILES string of the molecule is CCc1nn(CCCC(=O)Nc2ccc(C)c(C)c2)c(=O)c2cc3occc3n12. The first-order valence-corrected chi connectivity index (χ1v) is 9.83. The molecular weight excluding hydrogens is 368 g/mol. The molecule has 29 heavy (non-hydrogen) atoms. The summed E-state index contributed by atoms with van der Waals surface area (Å²) in [6.07, 6.45) is 3.13. The summed E-state index contributed by atoms with van der Waals surface area (Å²) >= 11 is 0. The lowest BCUT2D eigenvalue weighted by Crippen LogP contribution is -2.27. The number of aromatic nitrogens is 3. The maximum absolute atomic E-state index is 12.8. The number of anilines is 1. The van der Waals surface area contributed by atoms with E-state index in [-0.39, 0.29) is 11.5 Å². The fourth-order valence-electron chi connectivity index (χ4n) is 3.54. The summed E-state index contributed by atoms with van der Waals surface area (Å²) in [4.78, 5) is 25.1. The maximum atomic E-state index is 12.8. The summed E-state index contributed by atoms with van der Waals surface area (Å²) in [6, 6.07) is 9.44. The van der Waals surface area contributed by atoms with Crippen molar-refractivity contribution in [3.05, 3.63) is 63.9 Å². The highest BCUT2D eigenvalue weighted by molar-refractivity contribution is 5.90. The Morgan fingerprint density at radius 1 is 1.14 bits per heavy atom. The van der Waals surface area contributed by atoms with Gasteiger partial charge in [-0.05, 0) is 43.5 Å². The van der Waals surface area contributed by atoms with Crippen LogP contribution in [0, 0.1) is 13.8 Å². The van der Waals surface area contributed by atoms with E-state index < -0.39 is 0 Å². The van der Waals surface area contributed by atoms with Gasteiger partial charge in [0.2, 0.25) is 5.91 Å². The Bertz CT molecular complexity index is 1260. The van der Waals surface area contributed by atoms with Gasteiger partial charge in [-0.25, -0.2) is 4.68 Å². The standard InChI is InChI=1S/C22H24N4O3/c1-4-20-24-25(22(28)18-13-19-17(26(18)20)9-11-29-19)10-5-6-21(27)23-16-8-7-14(2)15(3)12-16/h7-9,11-13H,4-6,10H2,1-3H3,(H,23,27). The number of nitrogens with zero attached hydrogens (tertiary/aromatic N) is 3. The first-order chi connectivity index (χ1) is 14.0. The Balaban J connectivity index is 1.48. The van der Waals surface area contributed by atoms with Crippen molar-refractivity contribution in [2.24, 2.45) is 0 Å². The number of carbonyl (C=O) groups is 1. The van der Waals surface area contributed by atoms with Gasteiger partial charge in [0.25, 0.3) is 5.56 Å². The summed E-state index contributed by atoms with van der Waals surface area (Å²) < 4.78 is 8.74. The summed E-state index contributed by atoms with van der Waals surface area (Å²) in [6.45, 7) is 6.44. The fourth-order valence-corrected chi connectivity index (χ4v) is 3.54. The summed E-state index contributed by atoms with van der Waals surface area (Å²) in [7, 11) is 0. The molecular formula is C22H24N4O3. The lowest BCUT2D eigenvalue weighted by molar-refractivity contribution is -0.116. The number of hydrogen-bond acceptors (Lipinski definition) is 4. The lowest BCUT2D eigenvalue weighted by atomic mass is 10.1. The zero-order valence-corrected chi connectivity index (χ0v) is 16.9. The van der Waals surface area contributed by atoms with Crippen molar-refractivity contribution in [3.8, 4) is 0 Å². The van der Waals surface area contributed by atoms with E-state index in [0.29, 0.717) is 36.9 Å². The van der Waals surface area contributed by atoms with Gasteiger partial charge >= 0.3 is 0 Å². The zero-order chi connectivity index (χ0) is 20.5. The molecule has 1 N–H and O–H groups in total. The molecule has 0 saturated heterocycles. The average molecular weight is 392 g/mol. The molecule has 4 aromatic rings. The number of nitrogens with one attached hydrogen (secondary N) is 1. The molecule has 0 aliphatic rings. The van der Waals surface area contributed by atoms with E-state index in [9.17, 15) is 9.59 Å². The Hall–Kier alpha value is -3.35. The second kappa shape index (κ2) is 7.58. The molecule has 0 spiro atoms. The number of carbonyl (C=O) groups excluding carboxylic acids is 1. The van der Waals surface area contributed by atoms with Crippen molar-refractivity contribution in [3.63, 3.8) is 0 Å². The molecule has 0 atom stereocenters. The predicted molar refractivity (Wildman–Crippen MR) is 112 cm³/mol. The van der Waals surface area contributed by atoms with E-state index in [2.05, 4.69) is 10.4 Å². The molecule has 4 rings (SSSR count). The minimum absolute atomic E-state index is 0.0710. The van der Waals surface area contributed by atoms with Crippen LogP contribution < -0.4 is 10.9 Å². The highest BCUT2D eigenvalue weighted by atomic mass is 16.3. The number of amides is 1. The van der Waals surface area contributed by atoms with Crippen molar-refractivity contribution >= 4 is 28.2 Å². The quantitative estimate of drug-likeness (QED) is 0.540. The zero-order valence-electron chi connectivity index (χ0n) is 16.9. The Morgan fingerprint density at radius 3 is 2.72 bits per heavy atom. The average Bonchev–Trinajstić information content (AvgIpc) is 3.28. The first-order valence-electron chi connectivity index (χ1n) is 9.83. The largest absolute Gasteiger partial charge is 0.463 e. The molecule has 0 aliphatic carbocycles. The molecule has 7 heteroatoms. The Kier molecular flexibility index (Phi) is 4.96. The topological polar surface area (TPSA) is 81.5 Å². The second-order valence-corrected chi connectivity index (χ2v) is 7.28. The molecule has 3 heterocycles. The number of furan rings is 1. The van der Waals surface area contributed by atoms with E-state index in [1.165, 1.54) is 10.2 Å². The van der Waals surface area contributed by atoms with E-state index in [0.717, 1.165) is 22.6 Å². The van der Waals surface area contributed by atoms with E-state index >= 15 is 0 Å². The number of benzene rings is 1. The number of fused-ring (bicyclic) bond motifs is 3. The van der Waals surface area contributed by atoms with Crippen LogP contribution in [0.1, 0.15) is 36.7 Å². The van der Waals surface area contributed by atoms with Crippen molar-refractivity contribution in [2.45, 2.75) is 46.6 Å². The molecule has 0 fully saturated rings. The van der Waals surface area contributed by atoms with Crippen LogP contribution >= 0.6 is 0 Å². The second-order valence-electron chi connectivity index (χ2n) is 7.28. The molecule has 0 aliphatic heterocycles. The third-order valence-corrected chi connectivity index (χ3v) is 5.25. The van der Waals surface area contributed by atoms with Gasteiger partial charge in [-0.2, -0.15) is 5.10 Å². The van der Waals surface area contributed by atoms with Gasteiger partial charge in [0.15, 0.2) is 5.58 Å². The van der Waals surface area contributed by atoms with Crippen LogP contribution in [-0.2, 0) is 17.8 Å². The predicted octanol–water partition coefficient (Wildman–Crippen LogP) is 3.84. The highest BCUT2D eigenvalue weighted by Gasteiger charge is 2.15. The highest BCUT2D eigenvalue weighted by Crippen LogP contribution is 2.20. The lowest BCUT2D eigenvalue weighted by Gasteiger charge is -2.10. The summed E-state index contributed by atoms with van der Waals surface area (Å²) in [5.41, 5.74) is 5.00. The molecule has 1 amide bonds. The van der Waals surface area contributed by atoms with Gasteiger partial charge in [-0.15, -0.1) is 0 Å². The van der Waals surface area contributed by atoms with Crippen molar-refractivity contribution in [1.29, 1.82) is 0 Å². The van der Waals surface area contributed by atoms with Crippen LogP contribution in [-0.4, -0.2) is 20.1 Å². The number of rotatable bonds is 6. The van der Waals surface area contributed by atoms with Gasteiger partial charge in [0.05, 0.1) is 11.8 Å². The minimum Gasteiger partial charge on any atom is -0.463 e. The normalized spacial score (nSPS) is 11.4. The smallest absolute Gasteiger partial charge is 0.291 e. The van der Waals surface area contributed by atoms with Crippen LogP contribution in [0.2, 0.25) is 0 Å². The Labute approximate surface area is 167 Å². The fraction of sp³-hybridized carbons (Fsp3) is 0.318. The van der Waals surface area contributed by atoms with Gasteiger partial charge in [-0.1, -0.05) is 13.0 Å². The van der Waals surface area contributed by atoms with Crippen molar-refractivity contribution in [2.75, 3.05) is 5.32 Å². The van der Waals surface area contributed by atoms with Crippen LogP contribution in [0.15, 0.2) is 45.8 Å². The first kappa shape index (κ1) is 19.0. The van der Waals surface area contributed by atoms with Gasteiger partial charge in [0.1, 0.15) is 11.3 Å². The van der Waals surface area contributed by atoms with Crippen molar-refractivity contribution in [1.82, 2.24) is 14.2 Å². The van der Waals surface area contributed by atoms with Gasteiger partial charge < -0.3 is 9.73 Å². The van der Waals surface area contributed by atoms with Crippen LogP contribution in [0.3, 0.4) is 0 Å². The number of hydrogen-bond donors (Lipinski definition) is 1. The summed E-state index contributed by atoms with van der Waals surface area (Å²) in [5, 5.41) is 7.43. The molecule has 0 radical (unpaired) electrons. The van der Waals surface area contributed by atoms with E-state index in [4.69, 9.17) is 4.42 Å². The molecule has 0 unspecified atom stereocenters. The molecule has 3 aromatic heterocycles. The van der Waals surface area contributed by atoms with E-state index in [1.807, 2.05) is 49.4 Å². The van der Waals surface area contributed by atoms with Gasteiger partial charge in [0, 0.05) is 37.2 Å². The third-order valence-electron chi connectivity index (χ3n) is 5.25. The Morgan fingerprint density at radius 2 is 1.97 bits per heavy atom. The van der Waals surface area contributed by atoms with E-state index in [1.54, 1.807) is 12.3 Å². The molecule has 1 aromatic carbocycles. The number of aryl methyl sites for hydroxylation is 4. The van der Waals surface area contributed by atoms with Crippen LogP contribution in [0.4, 0.5) is 5.69 Å².